The van der Waals surface area contributed by atoms with E-state index in [1.807, 2.05) is 27.9 Å². The number of phosphoric acid groups is 1. The normalized spacial score (nSPS) is 10.5. The molecule has 0 aliphatic heterocycles. The summed E-state index contributed by atoms with van der Waals surface area (Å²) in [7, 11) is -4.89. The molecule has 1 rings (SSSR count). The van der Waals surface area contributed by atoms with Gasteiger partial charge in [0, 0.05) is 13.0 Å². The van der Waals surface area contributed by atoms with E-state index < -0.39 is 7.82 Å². The number of aromatic nitrogens is 2. The van der Waals surface area contributed by atoms with Crippen molar-refractivity contribution in [1.29, 1.82) is 0 Å². The molecule has 0 saturated carbocycles. The number of rotatable bonds is 4. The van der Waals surface area contributed by atoms with Crippen LogP contribution < -0.4 is 9.46 Å². The lowest BCUT2D eigenvalue weighted by Crippen LogP contribution is -2.21. The molecule has 0 fully saturated rings. The number of imidazole rings is 1. The highest BCUT2D eigenvalue weighted by Gasteiger charge is 1.98. The van der Waals surface area contributed by atoms with Crippen LogP contribution in [0.2, 0.25) is 0 Å². The predicted molar refractivity (Wildman–Crippen MR) is 54.8 cm³/mol. The molecule has 8 heteroatoms. The van der Waals surface area contributed by atoms with Gasteiger partial charge < -0.3 is 19.8 Å². The molecular weight excluding hydrogens is 235 g/mol. The molecule has 1 aromatic rings. The Morgan fingerprint density at radius 1 is 1.56 bits per heavy atom. The van der Waals surface area contributed by atoms with Crippen molar-refractivity contribution in [2.75, 3.05) is 6.61 Å². The fourth-order valence-corrected chi connectivity index (χ4v) is 0.904. The standard InChI is InChI=1S/C8H13N2O.H3O4P/c1-2-9-5-6-10(8-9)4-3-7-11;1-5(2,3)4/h2,5-6,8,11H,1,3-4,7H2;(H3,1,2,3,4)/q+1;/p-1. The summed E-state index contributed by atoms with van der Waals surface area (Å²) in [6.07, 6.45) is 8.34. The molecule has 0 radical (unpaired) electrons. The number of hydrogen-bond acceptors (Lipinski definition) is 3. The first kappa shape index (κ1) is 15.0. The van der Waals surface area contributed by atoms with Crippen molar-refractivity contribution in [2.45, 2.75) is 13.0 Å². The van der Waals surface area contributed by atoms with Gasteiger partial charge in [0.25, 0.3) is 7.82 Å². The van der Waals surface area contributed by atoms with Gasteiger partial charge in [-0.1, -0.05) is 6.58 Å². The monoisotopic (exact) mass is 250 g/mol. The predicted octanol–water partition coefficient (Wildman–Crippen LogP) is -1.30. The molecule has 0 amide bonds. The van der Waals surface area contributed by atoms with Crippen LogP contribution in [0.5, 0.6) is 0 Å². The lowest BCUT2D eigenvalue weighted by atomic mass is 10.4. The SMILES string of the molecule is C=C[n+]1ccn(CCCO)c1.O=P([O-])(O)O. The van der Waals surface area contributed by atoms with E-state index >= 15 is 0 Å². The Morgan fingerprint density at radius 2 is 2.12 bits per heavy atom. The van der Waals surface area contributed by atoms with Crippen LogP contribution in [0.4, 0.5) is 0 Å². The molecule has 0 aliphatic rings. The van der Waals surface area contributed by atoms with Gasteiger partial charge in [-0.05, 0) is 0 Å². The van der Waals surface area contributed by atoms with Gasteiger partial charge in [0.2, 0.25) is 6.33 Å². The first-order chi connectivity index (χ1) is 7.36. The number of aliphatic hydroxyl groups is 1. The van der Waals surface area contributed by atoms with Crippen molar-refractivity contribution in [3.63, 3.8) is 0 Å². The molecule has 7 nitrogen and oxygen atoms in total. The van der Waals surface area contributed by atoms with E-state index in [0.717, 1.165) is 13.0 Å². The van der Waals surface area contributed by atoms with Crippen molar-refractivity contribution < 1.29 is 28.9 Å². The highest BCUT2D eigenvalue weighted by molar-refractivity contribution is 7.43. The number of hydrogen-bond donors (Lipinski definition) is 3. The first-order valence-corrected chi connectivity index (χ1v) is 5.96. The molecule has 0 aliphatic carbocycles. The Morgan fingerprint density at radius 3 is 2.50 bits per heavy atom. The van der Waals surface area contributed by atoms with Gasteiger partial charge in [-0.3, -0.25) is 4.57 Å². The molecule has 0 unspecified atom stereocenters. The second-order valence-electron chi connectivity index (χ2n) is 2.85. The lowest BCUT2D eigenvalue weighted by molar-refractivity contribution is -0.567. The Hall–Kier alpha value is -0.980. The zero-order valence-electron chi connectivity index (χ0n) is 8.64. The molecule has 1 aromatic heterocycles. The maximum absolute atomic E-state index is 8.77. The van der Waals surface area contributed by atoms with Gasteiger partial charge in [-0.2, -0.15) is 0 Å². The van der Waals surface area contributed by atoms with Crippen molar-refractivity contribution in [2.24, 2.45) is 0 Å². The van der Waals surface area contributed by atoms with E-state index in [4.69, 9.17) is 24.4 Å². The summed E-state index contributed by atoms with van der Waals surface area (Å²) in [5.74, 6) is 0. The number of aryl methyl sites for hydroxylation is 1. The van der Waals surface area contributed by atoms with Crippen LogP contribution in [-0.2, 0) is 11.1 Å². The summed E-state index contributed by atoms with van der Waals surface area (Å²) in [4.78, 5) is 22.9. The second kappa shape index (κ2) is 7.32. The van der Waals surface area contributed by atoms with Crippen LogP contribution in [-0.4, -0.2) is 26.1 Å². The molecule has 1 heterocycles. The molecule has 0 atom stereocenters. The highest BCUT2D eigenvalue weighted by atomic mass is 31.2. The van der Waals surface area contributed by atoms with Gasteiger partial charge in [0.05, 0.1) is 12.7 Å². The van der Waals surface area contributed by atoms with Gasteiger partial charge in [0.15, 0.2) is 0 Å². The minimum absolute atomic E-state index is 0.242. The second-order valence-corrected chi connectivity index (χ2v) is 3.83. The minimum Gasteiger partial charge on any atom is -0.756 e. The molecular formula is C8H15N2O5P. The fourth-order valence-electron chi connectivity index (χ4n) is 0.904. The van der Waals surface area contributed by atoms with Crippen molar-refractivity contribution in [1.82, 2.24) is 4.57 Å². The minimum atomic E-state index is -4.89. The zero-order chi connectivity index (χ0) is 12.6. The van der Waals surface area contributed by atoms with E-state index in [1.165, 1.54) is 0 Å². The summed E-state index contributed by atoms with van der Waals surface area (Å²) < 4.78 is 12.7. The average Bonchev–Trinajstić information content (AvgIpc) is 2.59. The smallest absolute Gasteiger partial charge is 0.262 e. The maximum atomic E-state index is 8.77. The Bertz CT molecular complexity index is 351. The molecule has 0 bridgehead atoms. The highest BCUT2D eigenvalue weighted by Crippen LogP contribution is 2.18. The third-order valence-corrected chi connectivity index (χ3v) is 1.50. The van der Waals surface area contributed by atoms with Crippen LogP contribution in [0.25, 0.3) is 6.20 Å². The molecule has 0 spiro atoms. The van der Waals surface area contributed by atoms with Gasteiger partial charge in [0.1, 0.15) is 12.4 Å². The molecule has 16 heavy (non-hydrogen) atoms. The zero-order valence-corrected chi connectivity index (χ0v) is 9.53. The quantitative estimate of drug-likeness (QED) is 0.454. The van der Waals surface area contributed by atoms with Gasteiger partial charge >= 0.3 is 0 Å². The van der Waals surface area contributed by atoms with Crippen LogP contribution >= 0.6 is 7.82 Å². The third-order valence-electron chi connectivity index (χ3n) is 1.50. The average molecular weight is 250 g/mol. The molecule has 0 saturated heterocycles. The Labute approximate surface area is 93.1 Å². The molecule has 92 valence electrons. The van der Waals surface area contributed by atoms with Crippen LogP contribution in [0.3, 0.4) is 0 Å². The van der Waals surface area contributed by atoms with E-state index in [9.17, 15) is 0 Å². The third kappa shape index (κ3) is 9.57. The van der Waals surface area contributed by atoms with E-state index in [-0.39, 0.29) is 6.61 Å². The van der Waals surface area contributed by atoms with Gasteiger partial charge in [-0.15, -0.1) is 0 Å². The summed E-state index contributed by atoms with van der Waals surface area (Å²) in [6, 6.07) is 0. The van der Waals surface area contributed by atoms with Crippen molar-refractivity contribution in [3.05, 3.63) is 25.3 Å². The topological polar surface area (TPSA) is 110 Å². The summed E-state index contributed by atoms with van der Waals surface area (Å²) in [6.45, 7) is 4.73. The fraction of sp³-hybridized carbons (Fsp3) is 0.375. The van der Waals surface area contributed by atoms with Crippen molar-refractivity contribution >= 4 is 14.0 Å². The van der Waals surface area contributed by atoms with Gasteiger partial charge in [-0.25, -0.2) is 9.13 Å². The Kier molecular flexibility index (Phi) is 6.87. The van der Waals surface area contributed by atoms with Crippen LogP contribution in [0.15, 0.2) is 25.3 Å². The number of aliphatic hydroxyl groups excluding tert-OH is 1. The summed E-state index contributed by atoms with van der Waals surface area (Å²) in [5.41, 5.74) is 0. The maximum Gasteiger partial charge on any atom is 0.262 e. The van der Waals surface area contributed by atoms with E-state index in [1.54, 1.807) is 6.20 Å². The lowest BCUT2D eigenvalue weighted by Gasteiger charge is -2.01. The van der Waals surface area contributed by atoms with E-state index in [0.29, 0.717) is 0 Å². The van der Waals surface area contributed by atoms with Crippen LogP contribution in [0, 0.1) is 0 Å². The van der Waals surface area contributed by atoms with Crippen LogP contribution in [0.1, 0.15) is 6.42 Å². The largest absolute Gasteiger partial charge is 0.756 e. The molecule has 3 N–H and O–H groups in total. The first-order valence-electron chi connectivity index (χ1n) is 4.43. The summed E-state index contributed by atoms with van der Waals surface area (Å²) in [5, 5.41) is 8.55. The summed E-state index contributed by atoms with van der Waals surface area (Å²) >= 11 is 0. The molecule has 0 aromatic carbocycles. The number of nitrogens with zero attached hydrogens (tertiary/aromatic N) is 2. The van der Waals surface area contributed by atoms with E-state index in [2.05, 4.69) is 6.58 Å². The Balaban J connectivity index is 0.000000385. The van der Waals surface area contributed by atoms with Crippen molar-refractivity contribution in [3.8, 4) is 0 Å².